The summed E-state index contributed by atoms with van der Waals surface area (Å²) in [7, 11) is 1.01. The first-order valence-electron chi connectivity index (χ1n) is 8.77. The summed E-state index contributed by atoms with van der Waals surface area (Å²) in [6, 6.07) is 14.4. The predicted molar refractivity (Wildman–Crippen MR) is 100 cm³/mol. The third kappa shape index (κ3) is 4.36. The Labute approximate surface area is 149 Å². The molecule has 0 aromatic heterocycles. The van der Waals surface area contributed by atoms with Crippen LogP contribution in [0.4, 0.5) is 0 Å². The van der Waals surface area contributed by atoms with Crippen LogP contribution in [0.5, 0.6) is 11.5 Å². The van der Waals surface area contributed by atoms with Crippen LogP contribution in [0.15, 0.2) is 42.5 Å². The maximum atomic E-state index is 9.59. The van der Waals surface area contributed by atoms with Crippen LogP contribution < -0.4 is 9.47 Å². The van der Waals surface area contributed by atoms with E-state index in [4.69, 9.17) is 14.1 Å². The van der Waals surface area contributed by atoms with E-state index in [0.29, 0.717) is 25.5 Å². The van der Waals surface area contributed by atoms with Crippen LogP contribution in [-0.2, 0) is 4.65 Å². The van der Waals surface area contributed by atoms with Crippen LogP contribution in [0.1, 0.15) is 25.3 Å². The summed E-state index contributed by atoms with van der Waals surface area (Å²) in [6.45, 7) is 5.46. The van der Waals surface area contributed by atoms with Crippen molar-refractivity contribution in [1.29, 1.82) is 0 Å². The van der Waals surface area contributed by atoms with Gasteiger partial charge in [0.05, 0.1) is 13.7 Å². The van der Waals surface area contributed by atoms with Gasteiger partial charge in [0.15, 0.2) is 11.5 Å². The Balaban J connectivity index is 1.87. The number of ether oxygens (including phenoxy) is 2. The summed E-state index contributed by atoms with van der Waals surface area (Å²) in [5.41, 5.74) is 3.39. The van der Waals surface area contributed by atoms with Gasteiger partial charge in [-0.15, -0.1) is 0 Å². The molecule has 1 unspecified atom stereocenters. The third-order valence-corrected chi connectivity index (χ3v) is 4.40. The lowest BCUT2D eigenvalue weighted by atomic mass is 9.79. The molecule has 25 heavy (non-hydrogen) atoms. The Bertz CT molecular complexity index is 717. The lowest BCUT2D eigenvalue weighted by Gasteiger charge is -2.15. The zero-order valence-corrected chi connectivity index (χ0v) is 15.1. The number of hydrogen-bond acceptors (Lipinski definition) is 4. The smallest absolute Gasteiger partial charge is 0.454 e. The minimum absolute atomic E-state index is 0.241. The quantitative estimate of drug-likeness (QED) is 0.808. The average molecular weight is 340 g/mol. The van der Waals surface area contributed by atoms with Crippen LogP contribution in [0.25, 0.3) is 11.1 Å². The molecule has 2 aromatic carbocycles. The van der Waals surface area contributed by atoms with Crippen molar-refractivity contribution in [3.63, 3.8) is 0 Å². The molecule has 4 nitrogen and oxygen atoms in total. The number of benzene rings is 2. The summed E-state index contributed by atoms with van der Waals surface area (Å²) < 4.78 is 16.6. The Morgan fingerprint density at radius 1 is 1.16 bits per heavy atom. The lowest BCUT2D eigenvalue weighted by Crippen LogP contribution is -2.07. The van der Waals surface area contributed by atoms with Gasteiger partial charge in [0, 0.05) is 12.5 Å². The van der Waals surface area contributed by atoms with E-state index in [-0.39, 0.29) is 5.92 Å². The minimum atomic E-state index is -0.648. The molecule has 3 rings (SSSR count). The van der Waals surface area contributed by atoms with Crippen molar-refractivity contribution in [1.82, 2.24) is 0 Å². The Hall–Kier alpha value is -1.98. The fourth-order valence-electron chi connectivity index (χ4n) is 3.04. The van der Waals surface area contributed by atoms with E-state index in [1.165, 1.54) is 5.56 Å². The Kier molecular flexibility index (Phi) is 5.66. The molecule has 0 amide bonds. The normalized spacial score (nSPS) is 17.2. The van der Waals surface area contributed by atoms with E-state index in [0.717, 1.165) is 22.6 Å². The van der Waals surface area contributed by atoms with Crippen molar-refractivity contribution in [2.24, 2.45) is 5.92 Å². The molecular formula is C20H25BO4. The summed E-state index contributed by atoms with van der Waals surface area (Å²) in [5.74, 6) is 2.20. The highest BCUT2D eigenvalue weighted by atomic mass is 16.5. The molecule has 1 atom stereocenters. The summed E-state index contributed by atoms with van der Waals surface area (Å²) >= 11 is 0. The monoisotopic (exact) mass is 340 g/mol. The van der Waals surface area contributed by atoms with Crippen molar-refractivity contribution in [2.75, 3.05) is 20.3 Å². The molecule has 5 heteroatoms. The minimum Gasteiger partial charge on any atom is -0.493 e. The number of methoxy groups -OCH3 is 1. The molecule has 1 aliphatic rings. The largest absolute Gasteiger partial charge is 0.493 e. The Morgan fingerprint density at radius 3 is 2.64 bits per heavy atom. The maximum absolute atomic E-state index is 9.59. The average Bonchev–Trinajstić information content (AvgIpc) is 3.06. The molecule has 0 aliphatic carbocycles. The molecule has 2 aromatic rings. The van der Waals surface area contributed by atoms with Gasteiger partial charge in [-0.3, -0.25) is 0 Å². The topological polar surface area (TPSA) is 47.9 Å². The molecule has 1 heterocycles. The molecule has 1 N–H and O–H groups in total. The molecule has 0 saturated carbocycles. The van der Waals surface area contributed by atoms with Crippen molar-refractivity contribution in [3.05, 3.63) is 48.0 Å². The first-order chi connectivity index (χ1) is 12.1. The molecule has 0 bridgehead atoms. The zero-order valence-electron chi connectivity index (χ0n) is 15.1. The van der Waals surface area contributed by atoms with Gasteiger partial charge in [0.1, 0.15) is 0 Å². The molecule has 1 saturated heterocycles. The second-order valence-electron chi connectivity index (χ2n) is 6.92. The van der Waals surface area contributed by atoms with Crippen LogP contribution in [0.3, 0.4) is 0 Å². The second-order valence-corrected chi connectivity index (χ2v) is 6.92. The zero-order chi connectivity index (χ0) is 17.8. The van der Waals surface area contributed by atoms with E-state index in [1.54, 1.807) is 7.11 Å². The number of hydrogen-bond donors (Lipinski definition) is 1. The third-order valence-electron chi connectivity index (χ3n) is 4.40. The highest BCUT2D eigenvalue weighted by Crippen LogP contribution is 2.35. The van der Waals surface area contributed by atoms with Crippen molar-refractivity contribution >= 4 is 7.12 Å². The fourth-order valence-corrected chi connectivity index (χ4v) is 3.04. The molecular weight excluding hydrogens is 315 g/mol. The van der Waals surface area contributed by atoms with Crippen LogP contribution in [0, 0.1) is 5.92 Å². The van der Waals surface area contributed by atoms with E-state index in [1.807, 2.05) is 24.3 Å². The lowest BCUT2D eigenvalue weighted by molar-refractivity contribution is 0.257. The van der Waals surface area contributed by atoms with Crippen LogP contribution in [0.2, 0.25) is 6.32 Å². The maximum Gasteiger partial charge on any atom is 0.454 e. The molecule has 132 valence electrons. The van der Waals surface area contributed by atoms with E-state index < -0.39 is 7.12 Å². The standard InChI is InChI=1S/C20H25BO4/c1-14(2)12-24-20-10-17(7-8-19(20)23-3)15-5-4-6-16(9-15)18-11-21(22)25-13-18/h4-10,14,18,22H,11-13H2,1-3H3. The van der Waals surface area contributed by atoms with Gasteiger partial charge in [-0.25, -0.2) is 0 Å². The second kappa shape index (κ2) is 7.94. The van der Waals surface area contributed by atoms with Gasteiger partial charge in [-0.2, -0.15) is 0 Å². The van der Waals surface area contributed by atoms with Crippen molar-refractivity contribution < 1.29 is 19.2 Å². The van der Waals surface area contributed by atoms with Crippen molar-refractivity contribution in [3.8, 4) is 22.6 Å². The van der Waals surface area contributed by atoms with E-state index >= 15 is 0 Å². The van der Waals surface area contributed by atoms with Gasteiger partial charge >= 0.3 is 7.12 Å². The molecule has 0 spiro atoms. The van der Waals surface area contributed by atoms with Gasteiger partial charge in [0.2, 0.25) is 0 Å². The summed E-state index contributed by atoms with van der Waals surface area (Å²) in [4.78, 5) is 0. The van der Waals surface area contributed by atoms with Crippen molar-refractivity contribution in [2.45, 2.75) is 26.1 Å². The van der Waals surface area contributed by atoms with Gasteiger partial charge in [-0.05, 0) is 41.1 Å². The van der Waals surface area contributed by atoms with Gasteiger partial charge < -0.3 is 19.2 Å². The molecule has 1 aliphatic heterocycles. The summed E-state index contributed by atoms with van der Waals surface area (Å²) in [6.07, 6.45) is 0.648. The SMILES string of the molecule is COc1ccc(-c2cccc(C3COB(O)C3)c2)cc1OCC(C)C. The van der Waals surface area contributed by atoms with Crippen LogP contribution >= 0.6 is 0 Å². The summed E-state index contributed by atoms with van der Waals surface area (Å²) in [5, 5.41) is 9.59. The van der Waals surface area contributed by atoms with Gasteiger partial charge in [-0.1, -0.05) is 44.2 Å². The van der Waals surface area contributed by atoms with Crippen LogP contribution in [-0.4, -0.2) is 32.5 Å². The Morgan fingerprint density at radius 2 is 1.96 bits per heavy atom. The highest BCUT2D eigenvalue weighted by molar-refractivity contribution is 6.43. The first-order valence-corrected chi connectivity index (χ1v) is 8.77. The molecule has 0 radical (unpaired) electrons. The highest BCUT2D eigenvalue weighted by Gasteiger charge is 2.29. The first kappa shape index (κ1) is 17.8. The predicted octanol–water partition coefficient (Wildman–Crippen LogP) is 3.99. The molecule has 1 fully saturated rings. The number of rotatable bonds is 6. The fraction of sp³-hybridized carbons (Fsp3) is 0.400. The van der Waals surface area contributed by atoms with E-state index in [9.17, 15) is 5.02 Å². The van der Waals surface area contributed by atoms with E-state index in [2.05, 4.69) is 32.0 Å². The van der Waals surface area contributed by atoms with Gasteiger partial charge in [0.25, 0.3) is 0 Å².